The Morgan fingerprint density at radius 3 is 2.61 bits per heavy atom. The van der Waals surface area contributed by atoms with Gasteiger partial charge < -0.3 is 14.4 Å². The van der Waals surface area contributed by atoms with Gasteiger partial charge in [0.2, 0.25) is 5.91 Å². The van der Waals surface area contributed by atoms with E-state index in [0.717, 1.165) is 35.8 Å². The summed E-state index contributed by atoms with van der Waals surface area (Å²) in [5, 5.41) is 0. The highest BCUT2D eigenvalue weighted by Crippen LogP contribution is 2.29. The van der Waals surface area contributed by atoms with Crippen molar-refractivity contribution in [1.29, 1.82) is 0 Å². The van der Waals surface area contributed by atoms with Crippen molar-refractivity contribution < 1.29 is 9.59 Å². The van der Waals surface area contributed by atoms with Crippen molar-refractivity contribution in [2.75, 3.05) is 13.1 Å². The Bertz CT molecular complexity index is 829. The molecule has 1 fully saturated rings. The molecule has 0 atom stereocenters. The van der Waals surface area contributed by atoms with Crippen LogP contribution in [0.1, 0.15) is 48.7 Å². The normalized spacial score (nSPS) is 13.4. The fourth-order valence-corrected chi connectivity index (χ4v) is 3.68. The van der Waals surface area contributed by atoms with Gasteiger partial charge in [0, 0.05) is 41.6 Å². The Hall–Kier alpha value is -2.08. The lowest BCUT2D eigenvalue weighted by Crippen LogP contribution is -2.44. The monoisotopic (exact) mass is 445 g/mol. The van der Waals surface area contributed by atoms with Gasteiger partial charge in [-0.3, -0.25) is 9.59 Å². The second kappa shape index (κ2) is 9.41. The molecule has 2 aromatic rings. The first-order valence-electron chi connectivity index (χ1n) is 9.94. The van der Waals surface area contributed by atoms with Crippen molar-refractivity contribution in [2.24, 2.45) is 7.05 Å². The molecule has 0 aliphatic heterocycles. The first-order chi connectivity index (χ1) is 13.5. The number of amides is 2. The number of carbonyl (C=O) groups is 2. The van der Waals surface area contributed by atoms with E-state index in [9.17, 15) is 9.59 Å². The highest BCUT2D eigenvalue weighted by molar-refractivity contribution is 9.10. The fraction of sp³-hybridized carbons (Fsp3) is 0.455. The average Bonchev–Trinajstić information content (AvgIpc) is 3.45. The van der Waals surface area contributed by atoms with E-state index in [1.807, 2.05) is 59.1 Å². The lowest BCUT2D eigenvalue weighted by atomic mass is 10.2. The second-order valence-electron chi connectivity index (χ2n) is 7.45. The number of nitrogens with zero attached hydrogens (tertiary/aromatic N) is 3. The molecule has 150 valence electrons. The Kier molecular flexibility index (Phi) is 6.94. The zero-order valence-electron chi connectivity index (χ0n) is 16.6. The summed E-state index contributed by atoms with van der Waals surface area (Å²) in [5.74, 6) is -0.0450. The average molecular weight is 446 g/mol. The van der Waals surface area contributed by atoms with E-state index in [0.29, 0.717) is 18.7 Å². The SMILES string of the molecule is CCCCN(Cc1cccn1C)C(=O)CN(C(=O)c1cccc(Br)c1)C1CC1. The Labute approximate surface area is 175 Å². The van der Waals surface area contributed by atoms with Crippen LogP contribution in [0.15, 0.2) is 47.1 Å². The van der Waals surface area contributed by atoms with Crippen LogP contribution in [-0.2, 0) is 18.4 Å². The van der Waals surface area contributed by atoms with Crippen molar-refractivity contribution in [3.63, 3.8) is 0 Å². The standard InChI is InChI=1S/C22H28BrN3O2/c1-3-4-13-25(15-20-9-6-12-24(20)2)21(27)16-26(19-10-11-19)22(28)17-7-5-8-18(23)14-17/h5-9,12,14,19H,3-4,10-11,13,15-16H2,1-2H3. The third-order valence-corrected chi connectivity index (χ3v) is 5.66. The number of carbonyl (C=O) groups excluding carboxylic acids is 2. The van der Waals surface area contributed by atoms with Gasteiger partial charge in [0.25, 0.3) is 5.91 Å². The van der Waals surface area contributed by atoms with Gasteiger partial charge in [0.05, 0.1) is 6.54 Å². The number of aryl methyl sites for hydroxylation is 1. The van der Waals surface area contributed by atoms with E-state index >= 15 is 0 Å². The maximum absolute atomic E-state index is 13.1. The summed E-state index contributed by atoms with van der Waals surface area (Å²) in [6.45, 7) is 3.55. The summed E-state index contributed by atoms with van der Waals surface area (Å²) in [4.78, 5) is 29.8. The maximum Gasteiger partial charge on any atom is 0.254 e. The second-order valence-corrected chi connectivity index (χ2v) is 8.37. The number of benzene rings is 1. The molecule has 0 saturated heterocycles. The largest absolute Gasteiger partial charge is 0.353 e. The topological polar surface area (TPSA) is 45.6 Å². The molecule has 2 amide bonds. The highest BCUT2D eigenvalue weighted by atomic mass is 79.9. The van der Waals surface area contributed by atoms with Crippen LogP contribution in [0.5, 0.6) is 0 Å². The van der Waals surface area contributed by atoms with Gasteiger partial charge in [0.1, 0.15) is 6.54 Å². The number of aromatic nitrogens is 1. The van der Waals surface area contributed by atoms with Crippen LogP contribution < -0.4 is 0 Å². The molecule has 28 heavy (non-hydrogen) atoms. The van der Waals surface area contributed by atoms with Gasteiger partial charge in [0.15, 0.2) is 0 Å². The maximum atomic E-state index is 13.1. The summed E-state index contributed by atoms with van der Waals surface area (Å²) in [6.07, 6.45) is 5.92. The minimum atomic E-state index is -0.0635. The molecule has 1 aliphatic rings. The van der Waals surface area contributed by atoms with Crippen LogP contribution in [0.25, 0.3) is 0 Å². The highest BCUT2D eigenvalue weighted by Gasteiger charge is 2.35. The van der Waals surface area contributed by atoms with Crippen LogP contribution in [0.3, 0.4) is 0 Å². The van der Waals surface area contributed by atoms with Crippen molar-refractivity contribution in [3.05, 3.63) is 58.3 Å². The molecular weight excluding hydrogens is 418 g/mol. The molecule has 1 aromatic carbocycles. The molecule has 0 bridgehead atoms. The fourth-order valence-electron chi connectivity index (χ4n) is 3.28. The van der Waals surface area contributed by atoms with Gasteiger partial charge in [-0.1, -0.05) is 35.3 Å². The minimum absolute atomic E-state index is 0.0184. The minimum Gasteiger partial charge on any atom is -0.353 e. The summed E-state index contributed by atoms with van der Waals surface area (Å²) < 4.78 is 2.91. The van der Waals surface area contributed by atoms with Crippen LogP contribution in [0.4, 0.5) is 0 Å². The van der Waals surface area contributed by atoms with Gasteiger partial charge >= 0.3 is 0 Å². The van der Waals surface area contributed by atoms with Crippen LogP contribution in [-0.4, -0.2) is 45.3 Å². The zero-order valence-corrected chi connectivity index (χ0v) is 18.2. The number of rotatable bonds is 9. The number of hydrogen-bond acceptors (Lipinski definition) is 2. The number of hydrogen-bond donors (Lipinski definition) is 0. The van der Waals surface area contributed by atoms with E-state index < -0.39 is 0 Å². The van der Waals surface area contributed by atoms with Crippen LogP contribution in [0.2, 0.25) is 0 Å². The van der Waals surface area contributed by atoms with Crippen molar-refractivity contribution in [2.45, 2.75) is 45.2 Å². The number of unbranched alkanes of at least 4 members (excludes halogenated alkanes) is 1. The van der Waals surface area contributed by atoms with E-state index in [2.05, 4.69) is 22.9 Å². The quantitative estimate of drug-likeness (QED) is 0.579. The van der Waals surface area contributed by atoms with Gasteiger partial charge in [-0.05, 0) is 49.6 Å². The first-order valence-corrected chi connectivity index (χ1v) is 10.7. The van der Waals surface area contributed by atoms with Crippen molar-refractivity contribution >= 4 is 27.7 Å². The molecule has 1 saturated carbocycles. The molecule has 3 rings (SSSR count). The summed E-state index contributed by atoms with van der Waals surface area (Å²) in [5.41, 5.74) is 1.72. The summed E-state index contributed by atoms with van der Waals surface area (Å²) in [7, 11) is 1.99. The Balaban J connectivity index is 1.73. The molecule has 0 radical (unpaired) electrons. The first kappa shape index (κ1) is 20.6. The Morgan fingerprint density at radius 2 is 2.00 bits per heavy atom. The van der Waals surface area contributed by atoms with E-state index in [-0.39, 0.29) is 24.4 Å². The predicted molar refractivity (Wildman–Crippen MR) is 114 cm³/mol. The van der Waals surface area contributed by atoms with Crippen molar-refractivity contribution in [3.8, 4) is 0 Å². The predicted octanol–water partition coefficient (Wildman–Crippen LogP) is 4.22. The molecule has 6 heteroatoms. The van der Waals surface area contributed by atoms with E-state index in [4.69, 9.17) is 0 Å². The summed E-state index contributed by atoms with van der Waals surface area (Å²) >= 11 is 3.43. The third kappa shape index (κ3) is 5.25. The van der Waals surface area contributed by atoms with E-state index in [1.165, 1.54) is 0 Å². The molecule has 1 heterocycles. The molecular formula is C22H28BrN3O2. The number of halogens is 1. The molecule has 1 aromatic heterocycles. The zero-order chi connectivity index (χ0) is 20.1. The summed E-state index contributed by atoms with van der Waals surface area (Å²) in [6, 6.07) is 11.6. The van der Waals surface area contributed by atoms with Gasteiger partial charge in [-0.2, -0.15) is 0 Å². The van der Waals surface area contributed by atoms with Crippen molar-refractivity contribution in [1.82, 2.24) is 14.4 Å². The smallest absolute Gasteiger partial charge is 0.254 e. The molecule has 0 spiro atoms. The lowest BCUT2D eigenvalue weighted by molar-refractivity contribution is -0.132. The molecule has 0 unspecified atom stereocenters. The van der Waals surface area contributed by atoms with Crippen LogP contribution >= 0.6 is 15.9 Å². The molecule has 1 aliphatic carbocycles. The van der Waals surface area contributed by atoms with Crippen LogP contribution in [0, 0.1) is 0 Å². The third-order valence-electron chi connectivity index (χ3n) is 5.16. The lowest BCUT2D eigenvalue weighted by Gasteiger charge is -2.28. The van der Waals surface area contributed by atoms with E-state index in [1.54, 1.807) is 4.90 Å². The molecule has 0 N–H and O–H groups in total. The van der Waals surface area contributed by atoms with Gasteiger partial charge in [-0.25, -0.2) is 0 Å². The molecule has 5 nitrogen and oxygen atoms in total. The Morgan fingerprint density at radius 1 is 1.21 bits per heavy atom. The van der Waals surface area contributed by atoms with Gasteiger partial charge in [-0.15, -0.1) is 0 Å².